The zero-order valence-corrected chi connectivity index (χ0v) is 7.61. The lowest BCUT2D eigenvalue weighted by Crippen LogP contribution is -2.18. The number of fused-ring (bicyclic) bond motifs is 1. The smallest absolute Gasteiger partial charge is 0.103 e. The highest BCUT2D eigenvalue weighted by Gasteiger charge is 2.31. The number of hydrogen-bond acceptors (Lipinski definition) is 3. The van der Waals surface area contributed by atoms with Gasteiger partial charge in [-0.15, -0.1) is 5.10 Å². The Bertz CT molecular complexity index is 313. The van der Waals surface area contributed by atoms with Gasteiger partial charge < -0.3 is 5.73 Å². The molecule has 0 bridgehead atoms. The highest BCUT2D eigenvalue weighted by atomic mass is 15.5. The molecule has 1 aromatic heterocycles. The van der Waals surface area contributed by atoms with E-state index >= 15 is 0 Å². The molecule has 0 amide bonds. The fourth-order valence-corrected chi connectivity index (χ4v) is 2.09. The van der Waals surface area contributed by atoms with Crippen LogP contribution in [0.25, 0.3) is 0 Å². The Labute approximate surface area is 77.1 Å². The van der Waals surface area contributed by atoms with Gasteiger partial charge >= 0.3 is 0 Å². The quantitative estimate of drug-likeness (QED) is 0.696. The van der Waals surface area contributed by atoms with Gasteiger partial charge in [-0.05, 0) is 32.1 Å². The van der Waals surface area contributed by atoms with Gasteiger partial charge in [0.05, 0.1) is 17.8 Å². The molecule has 0 spiro atoms. The molecular formula is C9H14N4. The number of nitrogens with zero attached hydrogens (tertiary/aromatic N) is 3. The molecule has 0 radical (unpaired) electrons. The van der Waals surface area contributed by atoms with Crippen LogP contribution < -0.4 is 5.73 Å². The Morgan fingerprint density at radius 1 is 1.31 bits per heavy atom. The van der Waals surface area contributed by atoms with Crippen LogP contribution in [0, 0.1) is 0 Å². The van der Waals surface area contributed by atoms with Crippen LogP contribution in [0.1, 0.15) is 49.2 Å². The van der Waals surface area contributed by atoms with Crippen molar-refractivity contribution in [1.29, 1.82) is 0 Å². The molecule has 70 valence electrons. The number of nitrogens with two attached hydrogens (primary N) is 1. The second-order valence-corrected chi connectivity index (χ2v) is 4.10. The summed E-state index contributed by atoms with van der Waals surface area (Å²) in [6.07, 6.45) is 5.91. The van der Waals surface area contributed by atoms with E-state index in [4.69, 9.17) is 5.73 Å². The Hall–Kier alpha value is -0.900. The van der Waals surface area contributed by atoms with E-state index in [1.807, 2.05) is 0 Å². The second kappa shape index (κ2) is 2.54. The summed E-state index contributed by atoms with van der Waals surface area (Å²) in [6, 6.07) is 0.776. The molecule has 1 unspecified atom stereocenters. The monoisotopic (exact) mass is 178 g/mol. The zero-order valence-electron chi connectivity index (χ0n) is 7.61. The molecule has 2 N–H and O–H groups in total. The fraction of sp³-hybridized carbons (Fsp3) is 0.778. The highest BCUT2D eigenvalue weighted by molar-refractivity contribution is 5.18. The van der Waals surface area contributed by atoms with E-state index in [-0.39, 0.29) is 6.04 Å². The van der Waals surface area contributed by atoms with E-state index in [1.165, 1.54) is 25.0 Å². The predicted molar refractivity (Wildman–Crippen MR) is 48.2 cm³/mol. The molecule has 13 heavy (non-hydrogen) atoms. The summed E-state index contributed by atoms with van der Waals surface area (Å²) in [7, 11) is 0. The predicted octanol–water partition coefficient (Wildman–Crippen LogP) is 0.949. The topological polar surface area (TPSA) is 56.7 Å². The van der Waals surface area contributed by atoms with E-state index in [1.54, 1.807) is 0 Å². The van der Waals surface area contributed by atoms with Gasteiger partial charge in [-0.2, -0.15) is 0 Å². The van der Waals surface area contributed by atoms with Crippen LogP contribution in [0.15, 0.2) is 0 Å². The minimum atomic E-state index is 0.135. The van der Waals surface area contributed by atoms with Crippen LogP contribution in [-0.2, 0) is 6.42 Å². The van der Waals surface area contributed by atoms with Crippen molar-refractivity contribution in [2.75, 3.05) is 0 Å². The standard InChI is InChI=1S/C9H14N4/c10-7-2-1-3-8-9(7)11-12-13(8)6-4-5-6/h6-7H,1-5,10H2. The first-order chi connectivity index (χ1) is 6.36. The van der Waals surface area contributed by atoms with Crippen molar-refractivity contribution in [1.82, 2.24) is 15.0 Å². The first-order valence-electron chi connectivity index (χ1n) is 5.06. The molecule has 4 nitrogen and oxygen atoms in total. The summed E-state index contributed by atoms with van der Waals surface area (Å²) in [6.45, 7) is 0. The van der Waals surface area contributed by atoms with Gasteiger partial charge in [0.1, 0.15) is 5.69 Å². The lowest BCUT2D eigenvalue weighted by Gasteiger charge is -2.17. The summed E-state index contributed by atoms with van der Waals surface area (Å²) in [4.78, 5) is 0. The van der Waals surface area contributed by atoms with Crippen LogP contribution in [0.2, 0.25) is 0 Å². The van der Waals surface area contributed by atoms with E-state index in [9.17, 15) is 0 Å². The van der Waals surface area contributed by atoms with Gasteiger partial charge in [-0.3, -0.25) is 0 Å². The van der Waals surface area contributed by atoms with Gasteiger partial charge in [-0.25, -0.2) is 4.68 Å². The molecule has 1 fully saturated rings. The van der Waals surface area contributed by atoms with Crippen LogP contribution >= 0.6 is 0 Å². The van der Waals surface area contributed by atoms with E-state index in [0.29, 0.717) is 6.04 Å². The maximum Gasteiger partial charge on any atom is 0.103 e. The SMILES string of the molecule is NC1CCCc2c1nnn2C1CC1. The van der Waals surface area contributed by atoms with Crippen LogP contribution in [0.4, 0.5) is 0 Å². The molecule has 1 atom stereocenters. The number of hydrogen-bond donors (Lipinski definition) is 1. The van der Waals surface area contributed by atoms with Gasteiger partial charge in [-0.1, -0.05) is 5.21 Å². The summed E-state index contributed by atoms with van der Waals surface area (Å²) in [5, 5.41) is 8.38. The van der Waals surface area contributed by atoms with Crippen molar-refractivity contribution < 1.29 is 0 Å². The summed E-state index contributed by atoms with van der Waals surface area (Å²) in [5.74, 6) is 0. The summed E-state index contributed by atoms with van der Waals surface area (Å²) < 4.78 is 2.11. The minimum Gasteiger partial charge on any atom is -0.323 e. The van der Waals surface area contributed by atoms with Crippen LogP contribution in [-0.4, -0.2) is 15.0 Å². The lowest BCUT2D eigenvalue weighted by atomic mass is 9.97. The van der Waals surface area contributed by atoms with Gasteiger partial charge in [0.15, 0.2) is 0 Å². The fourth-order valence-electron chi connectivity index (χ4n) is 2.09. The first kappa shape index (κ1) is 7.50. The first-order valence-corrected chi connectivity index (χ1v) is 5.06. The van der Waals surface area contributed by atoms with Crippen molar-refractivity contribution in [2.45, 2.75) is 44.2 Å². The molecule has 2 aliphatic rings. The van der Waals surface area contributed by atoms with Crippen molar-refractivity contribution in [3.63, 3.8) is 0 Å². The average Bonchev–Trinajstić information content (AvgIpc) is 2.87. The van der Waals surface area contributed by atoms with Crippen LogP contribution in [0.3, 0.4) is 0 Å². The van der Waals surface area contributed by atoms with Crippen LogP contribution in [0.5, 0.6) is 0 Å². The molecule has 4 heteroatoms. The highest BCUT2D eigenvalue weighted by Crippen LogP contribution is 2.37. The molecule has 1 heterocycles. The van der Waals surface area contributed by atoms with E-state index in [0.717, 1.165) is 18.5 Å². The maximum absolute atomic E-state index is 5.96. The Balaban J connectivity index is 2.04. The van der Waals surface area contributed by atoms with Crippen molar-refractivity contribution in [3.8, 4) is 0 Å². The molecule has 1 aromatic rings. The summed E-state index contributed by atoms with van der Waals surface area (Å²) >= 11 is 0. The molecular weight excluding hydrogens is 164 g/mol. The molecule has 0 saturated heterocycles. The molecule has 1 saturated carbocycles. The third-order valence-electron chi connectivity index (χ3n) is 2.99. The van der Waals surface area contributed by atoms with Crippen molar-refractivity contribution in [3.05, 3.63) is 11.4 Å². The maximum atomic E-state index is 5.96. The van der Waals surface area contributed by atoms with Gasteiger partial charge in [0.25, 0.3) is 0 Å². The normalized spacial score (nSPS) is 27.3. The van der Waals surface area contributed by atoms with Gasteiger partial charge in [0, 0.05) is 0 Å². The van der Waals surface area contributed by atoms with Gasteiger partial charge in [0.2, 0.25) is 0 Å². The second-order valence-electron chi connectivity index (χ2n) is 4.10. The molecule has 2 aliphatic carbocycles. The summed E-state index contributed by atoms with van der Waals surface area (Å²) in [5.41, 5.74) is 8.32. The third kappa shape index (κ3) is 1.09. The lowest BCUT2D eigenvalue weighted by molar-refractivity contribution is 0.526. The largest absolute Gasteiger partial charge is 0.323 e. The van der Waals surface area contributed by atoms with E-state index in [2.05, 4.69) is 15.0 Å². The van der Waals surface area contributed by atoms with Crippen molar-refractivity contribution in [2.24, 2.45) is 5.73 Å². The number of rotatable bonds is 1. The van der Waals surface area contributed by atoms with Crippen molar-refractivity contribution >= 4 is 0 Å². The Kier molecular flexibility index (Phi) is 1.47. The zero-order chi connectivity index (χ0) is 8.84. The Morgan fingerprint density at radius 3 is 2.92 bits per heavy atom. The third-order valence-corrected chi connectivity index (χ3v) is 2.99. The number of aromatic nitrogens is 3. The average molecular weight is 178 g/mol. The molecule has 3 rings (SSSR count). The molecule has 0 aromatic carbocycles. The Morgan fingerprint density at radius 2 is 2.15 bits per heavy atom. The minimum absolute atomic E-state index is 0.135. The molecule has 0 aliphatic heterocycles. The van der Waals surface area contributed by atoms with E-state index < -0.39 is 0 Å².